The summed E-state index contributed by atoms with van der Waals surface area (Å²) in [5.41, 5.74) is 12.8. The van der Waals surface area contributed by atoms with Crippen LogP contribution in [0.2, 0.25) is 0 Å². The quantitative estimate of drug-likeness (QED) is 0.127. The minimum Gasteiger partial charge on any atom is -0.492 e. The second kappa shape index (κ2) is 19.4. The minimum absolute atomic E-state index is 0.0546. The van der Waals surface area contributed by atoms with Gasteiger partial charge in [0.15, 0.2) is 0 Å². The maximum absolute atomic E-state index is 13.3. The van der Waals surface area contributed by atoms with Gasteiger partial charge in [0.05, 0.1) is 25.1 Å². The van der Waals surface area contributed by atoms with Crippen molar-refractivity contribution in [2.45, 2.75) is 70.2 Å². The Kier molecular flexibility index (Phi) is 12.0. The van der Waals surface area contributed by atoms with Crippen LogP contribution in [0.25, 0.3) is 76.8 Å². The maximum Gasteiger partial charge on any atom is 0.305 e. The minimum atomic E-state index is -1.01. The molecule has 12 rings (SSSR count). The van der Waals surface area contributed by atoms with Crippen molar-refractivity contribution in [2.75, 3.05) is 6.61 Å². The summed E-state index contributed by atoms with van der Waals surface area (Å²) in [7, 11) is 0. The highest BCUT2D eigenvalue weighted by atomic mass is 16.7. The summed E-state index contributed by atoms with van der Waals surface area (Å²) in [6.45, 7) is 1.62. The maximum atomic E-state index is 13.3. The number of hydrogen-bond donors (Lipinski definition) is 0. The van der Waals surface area contributed by atoms with Crippen molar-refractivity contribution >= 4 is 50.7 Å². The van der Waals surface area contributed by atoms with Gasteiger partial charge in [-0.15, -0.1) is 0 Å². The molecule has 0 saturated heterocycles. The number of esters is 1. The molecule has 0 aromatic heterocycles. The number of allylic oxidation sites excluding steroid dienone is 2. The van der Waals surface area contributed by atoms with Crippen LogP contribution >= 0.6 is 0 Å². The number of aliphatic imine (C=N–C) groups is 2. The third kappa shape index (κ3) is 8.58. The van der Waals surface area contributed by atoms with Gasteiger partial charge in [-0.2, -0.15) is 0 Å². The molecule has 1 fully saturated rings. The van der Waals surface area contributed by atoms with Crippen LogP contribution in [-0.2, 0) is 22.4 Å². The first-order chi connectivity index (χ1) is 35.1. The van der Waals surface area contributed by atoms with E-state index in [0.29, 0.717) is 5.75 Å². The first kappa shape index (κ1) is 44.1. The number of nitrogens with zero attached hydrogens (tertiary/aromatic N) is 2. The van der Waals surface area contributed by atoms with Gasteiger partial charge in [-0.1, -0.05) is 183 Å². The van der Waals surface area contributed by atoms with Crippen LogP contribution in [0.15, 0.2) is 192 Å². The third-order valence-corrected chi connectivity index (χ3v) is 14.5. The first-order valence-electron chi connectivity index (χ1n) is 25.1. The summed E-state index contributed by atoms with van der Waals surface area (Å²) in [5, 5.41) is 6.53. The lowest BCUT2D eigenvalue weighted by Crippen LogP contribution is -2.27. The summed E-state index contributed by atoms with van der Waals surface area (Å²) >= 11 is 0. The van der Waals surface area contributed by atoms with Crippen molar-refractivity contribution in [2.24, 2.45) is 9.98 Å². The molecule has 0 N–H and O–H groups in total. The van der Waals surface area contributed by atoms with Gasteiger partial charge >= 0.3 is 5.97 Å². The molecule has 0 radical (unpaired) electrons. The summed E-state index contributed by atoms with van der Waals surface area (Å²) in [5.74, 6) is 0.905. The lowest BCUT2D eigenvalue weighted by molar-refractivity contribution is -0.162. The van der Waals surface area contributed by atoms with Crippen molar-refractivity contribution < 1.29 is 19.0 Å². The Hall–Kier alpha value is -8.09. The molecule has 9 aromatic rings. The van der Waals surface area contributed by atoms with Gasteiger partial charge < -0.3 is 14.2 Å². The van der Waals surface area contributed by atoms with Gasteiger partial charge in [-0.3, -0.25) is 14.8 Å². The highest BCUT2D eigenvalue weighted by Crippen LogP contribution is 2.50. The summed E-state index contributed by atoms with van der Waals surface area (Å²) in [6, 6.07) is 60.1. The molecule has 2 aliphatic carbocycles. The molecule has 1 aliphatic heterocycles. The van der Waals surface area contributed by atoms with Crippen LogP contribution in [0, 0.1) is 0 Å². The van der Waals surface area contributed by atoms with Crippen LogP contribution in [0.4, 0.5) is 0 Å². The van der Waals surface area contributed by atoms with Gasteiger partial charge in [0.2, 0.25) is 6.29 Å². The topological polar surface area (TPSA) is 69.5 Å². The molecule has 1 saturated carbocycles. The molecule has 0 spiro atoms. The fourth-order valence-corrected chi connectivity index (χ4v) is 11.2. The average molecular weight is 927 g/mol. The predicted molar refractivity (Wildman–Crippen MR) is 291 cm³/mol. The molecular weight excluding hydrogens is 873 g/mol. The molecule has 348 valence electrons. The average Bonchev–Trinajstić information content (AvgIpc) is 3.42. The van der Waals surface area contributed by atoms with Crippen molar-refractivity contribution in [1.82, 2.24) is 0 Å². The van der Waals surface area contributed by atoms with E-state index in [1.54, 1.807) is 0 Å². The standard InChI is InChI=1S/C65H54N2O4/c1-42(68)70-59-36-37-69-64-49(38-47-24-10-14-28-53(47)62(64)60-51-26-12-8-22-45(51)32-34-55(60)43-18-4-2-5-19-43)40-66-57-30-16-17-31-58(57)67-41-50-39-48-25-11-15-29-54(48)63(65(50)71-59)61-52-27-13-9-23-46(52)33-35-56(61)44-20-6-3-7-21-44/h2-15,18-22,24-26,28-29,32-35,38-41,57-59H,16-17,23,27,30-31,36-37H2,1H3/t57?,58-,59?/m0/s1. The lowest BCUT2D eigenvalue weighted by atomic mass is 9.81. The Morgan fingerprint density at radius 1 is 0.521 bits per heavy atom. The predicted octanol–water partition coefficient (Wildman–Crippen LogP) is 15.4. The van der Waals surface area contributed by atoms with Crippen LogP contribution < -0.4 is 9.47 Å². The number of ether oxygens (including phenoxy) is 3. The van der Waals surface area contributed by atoms with Gasteiger partial charge in [-0.25, -0.2) is 0 Å². The van der Waals surface area contributed by atoms with E-state index in [0.717, 1.165) is 132 Å². The molecule has 71 heavy (non-hydrogen) atoms. The Morgan fingerprint density at radius 2 is 1.04 bits per heavy atom. The second-order valence-corrected chi connectivity index (χ2v) is 19.0. The first-order valence-corrected chi connectivity index (χ1v) is 25.1. The Labute approximate surface area is 415 Å². The van der Waals surface area contributed by atoms with Crippen molar-refractivity contribution in [3.63, 3.8) is 0 Å². The highest BCUT2D eigenvalue weighted by molar-refractivity contribution is 6.15. The summed E-state index contributed by atoms with van der Waals surface area (Å²) in [4.78, 5) is 24.2. The van der Waals surface area contributed by atoms with E-state index in [4.69, 9.17) is 24.2 Å². The summed E-state index contributed by atoms with van der Waals surface area (Å²) < 4.78 is 20.8. The van der Waals surface area contributed by atoms with Gasteiger partial charge in [0.1, 0.15) is 11.5 Å². The van der Waals surface area contributed by atoms with Crippen LogP contribution in [0.1, 0.15) is 61.3 Å². The smallest absolute Gasteiger partial charge is 0.305 e. The zero-order valence-corrected chi connectivity index (χ0v) is 39.9. The van der Waals surface area contributed by atoms with E-state index in [1.807, 2.05) is 12.4 Å². The highest BCUT2D eigenvalue weighted by Gasteiger charge is 2.30. The molecule has 0 bridgehead atoms. The molecular formula is C65H54N2O4. The van der Waals surface area contributed by atoms with Gasteiger partial charge in [0.25, 0.3) is 0 Å². The molecule has 0 amide bonds. The fourth-order valence-electron chi connectivity index (χ4n) is 11.2. The van der Waals surface area contributed by atoms with Crippen LogP contribution in [0.3, 0.4) is 0 Å². The van der Waals surface area contributed by atoms with E-state index < -0.39 is 12.3 Å². The Bertz CT molecular complexity index is 3580. The number of carbonyl (C=O) groups is 1. The number of carbonyl (C=O) groups excluding carboxylic acids is 1. The second-order valence-electron chi connectivity index (χ2n) is 19.0. The van der Waals surface area contributed by atoms with E-state index in [1.165, 1.54) is 18.1 Å². The molecule has 9 aromatic carbocycles. The fraction of sp³-hybridized carbons (Fsp3) is 0.185. The van der Waals surface area contributed by atoms with Crippen LogP contribution in [0.5, 0.6) is 11.5 Å². The summed E-state index contributed by atoms with van der Waals surface area (Å²) in [6.07, 6.45) is 13.4. The van der Waals surface area contributed by atoms with E-state index in [2.05, 4.69) is 182 Å². The lowest BCUT2D eigenvalue weighted by Gasteiger charge is -2.27. The Balaban J connectivity index is 1.08. The molecule has 3 atom stereocenters. The van der Waals surface area contributed by atoms with E-state index in [-0.39, 0.29) is 25.1 Å². The number of fused-ring (bicyclic) bond motifs is 7. The zero-order chi connectivity index (χ0) is 47.7. The van der Waals surface area contributed by atoms with E-state index in [9.17, 15) is 4.79 Å². The monoisotopic (exact) mass is 926 g/mol. The molecule has 2 unspecified atom stereocenters. The number of benzene rings is 9. The zero-order valence-electron chi connectivity index (χ0n) is 39.9. The molecule has 1 heterocycles. The van der Waals surface area contributed by atoms with Crippen molar-refractivity contribution in [1.29, 1.82) is 0 Å². The molecule has 6 heteroatoms. The van der Waals surface area contributed by atoms with E-state index >= 15 is 0 Å². The van der Waals surface area contributed by atoms with Gasteiger partial charge in [-0.05, 0) is 109 Å². The third-order valence-electron chi connectivity index (χ3n) is 14.5. The SMILES string of the molecule is CC(=O)OC1CCOc2c(cc3ccccc3c2-c2c(-c3ccccc3)ccc3ccccc23)C=NC2CCCC[C@@H]2N=Cc2cc3ccccc3c(-c3c(-c4ccccc4)ccc4c3CC=CC4)c2O1. The Morgan fingerprint density at radius 3 is 1.68 bits per heavy atom. The number of hydrogen-bond acceptors (Lipinski definition) is 6. The normalized spacial score (nSPS) is 17.7. The van der Waals surface area contributed by atoms with Crippen molar-refractivity contribution in [3.8, 4) is 56.0 Å². The van der Waals surface area contributed by atoms with Crippen LogP contribution in [-0.4, -0.2) is 43.4 Å². The molecule has 3 aliphatic rings. The van der Waals surface area contributed by atoms with Crippen molar-refractivity contribution in [3.05, 3.63) is 204 Å². The largest absolute Gasteiger partial charge is 0.492 e. The molecule has 6 nitrogen and oxygen atoms in total. The number of rotatable bonds is 5. The van der Waals surface area contributed by atoms with Gasteiger partial charge in [0, 0.05) is 47.2 Å².